The number of hydrogen-bond acceptors (Lipinski definition) is 5. The molecular formula is C20H27NO5. The highest BCUT2D eigenvalue weighted by atomic mass is 16.6. The van der Waals surface area contributed by atoms with E-state index in [-0.39, 0.29) is 17.6 Å². The second kappa shape index (κ2) is 7.66. The Bertz CT molecular complexity index is 677. The normalized spacial score (nSPS) is 19.7. The van der Waals surface area contributed by atoms with Crippen LogP contribution < -0.4 is 9.47 Å². The number of likely N-dealkylation sites (tertiary alicyclic amines) is 1. The molecule has 1 atom stereocenters. The van der Waals surface area contributed by atoms with E-state index in [0.717, 1.165) is 6.42 Å². The van der Waals surface area contributed by atoms with Crippen LogP contribution in [0.1, 0.15) is 49.9 Å². The van der Waals surface area contributed by atoms with Gasteiger partial charge >= 0.3 is 0 Å². The number of Topliss-reactive ketones (excluding diaryl/α,β-unsaturated/α-hetero) is 1. The summed E-state index contributed by atoms with van der Waals surface area (Å²) in [5.74, 6) is 1.02. The average molecular weight is 361 g/mol. The molecule has 142 valence electrons. The summed E-state index contributed by atoms with van der Waals surface area (Å²) in [4.78, 5) is 27.0. The number of hydrogen-bond donors (Lipinski definition) is 1. The number of ether oxygens (including phenoxy) is 2. The van der Waals surface area contributed by atoms with E-state index in [1.807, 2.05) is 6.92 Å². The summed E-state index contributed by atoms with van der Waals surface area (Å²) in [6.07, 6.45) is 2.42. The molecule has 0 saturated carbocycles. The molecular weight excluding hydrogens is 334 g/mol. The number of ketones is 1. The molecule has 2 aliphatic rings. The molecule has 6 nitrogen and oxygen atoms in total. The summed E-state index contributed by atoms with van der Waals surface area (Å²) in [5.41, 5.74) is -0.696. The fourth-order valence-electron chi connectivity index (χ4n) is 3.71. The van der Waals surface area contributed by atoms with Crippen molar-refractivity contribution >= 4 is 11.7 Å². The van der Waals surface area contributed by atoms with Crippen molar-refractivity contribution in [1.82, 2.24) is 4.90 Å². The molecule has 0 bridgehead atoms. The van der Waals surface area contributed by atoms with Crippen LogP contribution in [0.3, 0.4) is 0 Å². The molecule has 26 heavy (non-hydrogen) atoms. The highest BCUT2D eigenvalue weighted by molar-refractivity contribution is 5.98. The van der Waals surface area contributed by atoms with E-state index in [2.05, 4.69) is 0 Å². The van der Waals surface area contributed by atoms with E-state index < -0.39 is 5.60 Å². The third kappa shape index (κ3) is 3.85. The van der Waals surface area contributed by atoms with Gasteiger partial charge in [0.1, 0.15) is 18.8 Å². The van der Waals surface area contributed by atoms with Crippen LogP contribution in [-0.2, 0) is 4.79 Å². The van der Waals surface area contributed by atoms with Gasteiger partial charge in [-0.05, 0) is 44.4 Å². The van der Waals surface area contributed by atoms with Gasteiger partial charge in [-0.25, -0.2) is 0 Å². The van der Waals surface area contributed by atoms with Gasteiger partial charge in [-0.2, -0.15) is 0 Å². The highest BCUT2D eigenvalue weighted by Crippen LogP contribution is 2.33. The lowest BCUT2D eigenvalue weighted by molar-refractivity contribution is -0.151. The van der Waals surface area contributed by atoms with Crippen LogP contribution in [0, 0.1) is 5.92 Å². The molecule has 2 aliphatic heterocycles. The number of nitrogens with zero attached hydrogens (tertiary/aromatic N) is 1. The number of piperidine rings is 1. The van der Waals surface area contributed by atoms with Crippen molar-refractivity contribution in [2.75, 3.05) is 26.3 Å². The van der Waals surface area contributed by atoms with Crippen molar-refractivity contribution < 1.29 is 24.2 Å². The molecule has 1 aromatic rings. The molecule has 0 aliphatic carbocycles. The molecule has 1 saturated heterocycles. The smallest absolute Gasteiger partial charge is 0.254 e. The Kier molecular flexibility index (Phi) is 5.51. The van der Waals surface area contributed by atoms with Gasteiger partial charge in [0, 0.05) is 24.6 Å². The van der Waals surface area contributed by atoms with Crippen molar-refractivity contribution in [1.29, 1.82) is 0 Å². The molecule has 1 fully saturated rings. The maximum absolute atomic E-state index is 12.8. The summed E-state index contributed by atoms with van der Waals surface area (Å²) in [6, 6.07) is 5.31. The minimum absolute atomic E-state index is 0.0781. The first-order valence-corrected chi connectivity index (χ1v) is 9.38. The van der Waals surface area contributed by atoms with E-state index in [9.17, 15) is 14.7 Å². The van der Waals surface area contributed by atoms with Gasteiger partial charge in [-0.3, -0.25) is 9.59 Å². The third-order valence-electron chi connectivity index (χ3n) is 5.18. The molecule has 0 aromatic heterocycles. The van der Waals surface area contributed by atoms with Crippen LogP contribution in [0.25, 0.3) is 0 Å². The molecule has 0 radical (unpaired) electrons. The van der Waals surface area contributed by atoms with Gasteiger partial charge in [0.15, 0.2) is 17.3 Å². The van der Waals surface area contributed by atoms with E-state index >= 15 is 0 Å². The van der Waals surface area contributed by atoms with Crippen LogP contribution in [0.4, 0.5) is 0 Å². The Morgan fingerprint density at radius 3 is 2.50 bits per heavy atom. The van der Waals surface area contributed by atoms with Gasteiger partial charge in [0.2, 0.25) is 0 Å². The van der Waals surface area contributed by atoms with Gasteiger partial charge < -0.3 is 19.5 Å². The molecule has 1 aromatic carbocycles. The molecule has 0 spiro atoms. The largest absolute Gasteiger partial charge is 0.486 e. The average Bonchev–Trinajstić information content (AvgIpc) is 2.66. The number of fused-ring (bicyclic) bond motifs is 1. The number of carbonyl (C=O) groups excluding carboxylic acids is 2. The molecule has 6 heteroatoms. The lowest BCUT2D eigenvalue weighted by atomic mass is 9.87. The number of carbonyl (C=O) groups is 2. The summed E-state index contributed by atoms with van der Waals surface area (Å²) in [5, 5.41) is 10.3. The zero-order valence-electron chi connectivity index (χ0n) is 15.5. The van der Waals surface area contributed by atoms with E-state index in [1.165, 1.54) is 0 Å². The van der Waals surface area contributed by atoms with E-state index in [1.54, 1.807) is 30.0 Å². The first kappa shape index (κ1) is 18.7. The van der Waals surface area contributed by atoms with Crippen LogP contribution in [0.15, 0.2) is 18.2 Å². The predicted octanol–water partition coefficient (Wildman–Crippen LogP) is 2.43. The maximum Gasteiger partial charge on any atom is 0.254 e. The van der Waals surface area contributed by atoms with Gasteiger partial charge in [0.05, 0.1) is 0 Å². The maximum atomic E-state index is 12.8. The zero-order chi connectivity index (χ0) is 18.7. The highest BCUT2D eigenvalue weighted by Gasteiger charge is 2.36. The van der Waals surface area contributed by atoms with Crippen LogP contribution >= 0.6 is 0 Å². The molecule has 2 heterocycles. The number of rotatable bonds is 5. The molecule has 3 rings (SSSR count). The summed E-state index contributed by atoms with van der Waals surface area (Å²) >= 11 is 0. The zero-order valence-corrected chi connectivity index (χ0v) is 15.5. The Morgan fingerprint density at radius 1 is 1.19 bits per heavy atom. The standard InChI is InChI=1S/C20H27NO5/c1-3-8-20(2,24)19(23)21-9-6-14(7-10-21)18(22)15-4-5-16-17(13-15)26-12-11-25-16/h4-5,13-14,24H,3,6-12H2,1-2H3. The Morgan fingerprint density at radius 2 is 1.85 bits per heavy atom. The first-order valence-electron chi connectivity index (χ1n) is 9.38. The number of amides is 1. The summed E-state index contributed by atoms with van der Waals surface area (Å²) in [7, 11) is 0. The van der Waals surface area contributed by atoms with Crippen molar-refractivity contribution in [3.05, 3.63) is 23.8 Å². The lowest BCUT2D eigenvalue weighted by Crippen LogP contribution is -2.50. The Balaban J connectivity index is 1.61. The molecule has 1 amide bonds. The number of benzene rings is 1. The van der Waals surface area contributed by atoms with Gasteiger partial charge in [-0.1, -0.05) is 13.3 Å². The number of aliphatic hydroxyl groups is 1. The van der Waals surface area contributed by atoms with Gasteiger partial charge in [0.25, 0.3) is 5.91 Å². The van der Waals surface area contributed by atoms with Crippen LogP contribution in [0.2, 0.25) is 0 Å². The minimum atomic E-state index is -1.32. The first-order chi connectivity index (χ1) is 12.4. The quantitative estimate of drug-likeness (QED) is 0.815. The van der Waals surface area contributed by atoms with Crippen LogP contribution in [0.5, 0.6) is 11.5 Å². The topological polar surface area (TPSA) is 76.1 Å². The fourth-order valence-corrected chi connectivity index (χ4v) is 3.71. The molecule has 1 unspecified atom stereocenters. The van der Waals surface area contributed by atoms with Crippen LogP contribution in [-0.4, -0.2) is 53.6 Å². The van der Waals surface area contributed by atoms with Crippen molar-refractivity contribution in [3.63, 3.8) is 0 Å². The van der Waals surface area contributed by atoms with Crippen molar-refractivity contribution in [2.24, 2.45) is 5.92 Å². The van der Waals surface area contributed by atoms with E-state index in [4.69, 9.17) is 9.47 Å². The van der Waals surface area contributed by atoms with Crippen molar-refractivity contribution in [3.8, 4) is 11.5 Å². The SMILES string of the molecule is CCCC(C)(O)C(=O)N1CCC(C(=O)c2ccc3c(c2)OCCO3)CC1. The fraction of sp³-hybridized carbons (Fsp3) is 0.600. The molecule has 1 N–H and O–H groups in total. The predicted molar refractivity (Wildman–Crippen MR) is 96.6 cm³/mol. The van der Waals surface area contributed by atoms with Crippen molar-refractivity contribution in [2.45, 2.75) is 45.1 Å². The summed E-state index contributed by atoms with van der Waals surface area (Å²) in [6.45, 7) is 5.53. The second-order valence-corrected chi connectivity index (χ2v) is 7.31. The van der Waals surface area contributed by atoms with Gasteiger partial charge in [-0.15, -0.1) is 0 Å². The monoisotopic (exact) mass is 361 g/mol. The minimum Gasteiger partial charge on any atom is -0.486 e. The third-order valence-corrected chi connectivity index (χ3v) is 5.18. The second-order valence-electron chi connectivity index (χ2n) is 7.31. The summed E-state index contributed by atoms with van der Waals surface area (Å²) < 4.78 is 11.0. The Labute approximate surface area is 154 Å². The Hall–Kier alpha value is -2.08. The lowest BCUT2D eigenvalue weighted by Gasteiger charge is -2.36. The van der Waals surface area contributed by atoms with E-state index in [0.29, 0.717) is 62.6 Å².